The van der Waals surface area contributed by atoms with Gasteiger partial charge in [0.2, 0.25) is 0 Å². The molecule has 0 radical (unpaired) electrons. The highest BCUT2D eigenvalue weighted by Crippen LogP contribution is 2.30. The van der Waals surface area contributed by atoms with E-state index >= 15 is 0 Å². The van der Waals surface area contributed by atoms with Crippen LogP contribution in [0.25, 0.3) is 11.1 Å². The molecule has 0 bridgehead atoms. The van der Waals surface area contributed by atoms with Gasteiger partial charge in [-0.1, -0.05) is 36.8 Å². The molecule has 27 heavy (non-hydrogen) atoms. The van der Waals surface area contributed by atoms with Crippen LogP contribution in [0.1, 0.15) is 29.6 Å². The third-order valence-electron chi connectivity index (χ3n) is 4.90. The molecule has 144 valence electrons. The first kappa shape index (κ1) is 19.4. The number of β-amino-alcohol motifs (C(OH)–C–C–N with tert-alkyl or cyclic N) is 1. The van der Waals surface area contributed by atoms with E-state index in [1.54, 1.807) is 13.1 Å². The molecule has 0 saturated carbocycles. The molecule has 3 rings (SSSR count). The van der Waals surface area contributed by atoms with Crippen molar-refractivity contribution in [1.82, 2.24) is 10.2 Å². The number of rotatable bonds is 7. The van der Waals surface area contributed by atoms with Crippen LogP contribution in [-0.4, -0.2) is 55.3 Å². The number of hydrogen-bond acceptors (Lipinski definition) is 4. The summed E-state index contributed by atoms with van der Waals surface area (Å²) in [6, 6.07) is 15.2. The number of aliphatic hydroxyl groups excluding tert-OH is 1. The molecule has 2 aromatic carbocycles. The average molecular weight is 368 g/mol. The van der Waals surface area contributed by atoms with Crippen LogP contribution in [0.3, 0.4) is 0 Å². The van der Waals surface area contributed by atoms with Gasteiger partial charge in [-0.3, -0.25) is 4.79 Å². The molecule has 1 saturated heterocycles. The number of piperidine rings is 1. The van der Waals surface area contributed by atoms with Crippen molar-refractivity contribution in [2.75, 3.05) is 33.3 Å². The lowest BCUT2D eigenvalue weighted by molar-refractivity contribution is 0.0619. The standard InChI is InChI=1S/C22H28N2O3/c1-23-22(26)18-9-7-8-17(14-18)20-10-3-4-11-21(20)27-16-19(25)15-24-12-5-2-6-13-24/h3-4,7-11,14,19,25H,2,5-6,12-13,15-16H2,1H3,(H,23,26). The minimum absolute atomic E-state index is 0.118. The monoisotopic (exact) mass is 368 g/mol. The molecule has 5 nitrogen and oxygen atoms in total. The Kier molecular flexibility index (Phi) is 6.85. The van der Waals surface area contributed by atoms with Gasteiger partial charge in [-0.25, -0.2) is 0 Å². The number of carbonyl (C=O) groups excluding carboxylic acids is 1. The van der Waals surface area contributed by atoms with Gasteiger partial charge >= 0.3 is 0 Å². The first-order valence-corrected chi connectivity index (χ1v) is 9.62. The van der Waals surface area contributed by atoms with Crippen molar-refractivity contribution in [3.05, 3.63) is 54.1 Å². The van der Waals surface area contributed by atoms with Gasteiger partial charge in [-0.05, 0) is 49.7 Å². The number of para-hydroxylation sites is 1. The van der Waals surface area contributed by atoms with Crippen LogP contribution in [0.15, 0.2) is 48.5 Å². The summed E-state index contributed by atoms with van der Waals surface area (Å²) < 4.78 is 5.94. The molecular formula is C22H28N2O3. The molecule has 1 heterocycles. The van der Waals surface area contributed by atoms with Gasteiger partial charge in [-0.2, -0.15) is 0 Å². The Morgan fingerprint density at radius 3 is 2.70 bits per heavy atom. The molecule has 1 unspecified atom stereocenters. The largest absolute Gasteiger partial charge is 0.490 e. The molecule has 1 amide bonds. The van der Waals surface area contributed by atoms with Gasteiger partial charge in [0, 0.05) is 24.7 Å². The maximum absolute atomic E-state index is 11.9. The lowest BCUT2D eigenvalue weighted by Gasteiger charge is -2.28. The van der Waals surface area contributed by atoms with E-state index in [1.807, 2.05) is 42.5 Å². The maximum atomic E-state index is 11.9. The number of amides is 1. The van der Waals surface area contributed by atoms with Crippen molar-refractivity contribution in [3.8, 4) is 16.9 Å². The quantitative estimate of drug-likeness (QED) is 0.789. The van der Waals surface area contributed by atoms with Crippen molar-refractivity contribution < 1.29 is 14.6 Å². The predicted octanol–water partition coefficient (Wildman–Crippen LogP) is 2.94. The Bertz CT molecular complexity index is 757. The Morgan fingerprint density at radius 1 is 1.15 bits per heavy atom. The molecule has 0 aromatic heterocycles. The second-order valence-electron chi connectivity index (χ2n) is 6.98. The minimum atomic E-state index is -0.520. The summed E-state index contributed by atoms with van der Waals surface area (Å²) in [6.45, 7) is 3.01. The van der Waals surface area contributed by atoms with E-state index in [4.69, 9.17) is 4.74 Å². The van der Waals surface area contributed by atoms with Gasteiger partial charge in [0.15, 0.2) is 0 Å². The van der Waals surface area contributed by atoms with Crippen molar-refractivity contribution >= 4 is 5.91 Å². The van der Waals surface area contributed by atoms with Crippen molar-refractivity contribution in [3.63, 3.8) is 0 Å². The van der Waals surface area contributed by atoms with Crippen LogP contribution in [0.4, 0.5) is 0 Å². The lowest BCUT2D eigenvalue weighted by Crippen LogP contribution is -2.38. The highest BCUT2D eigenvalue weighted by Gasteiger charge is 2.16. The summed E-state index contributed by atoms with van der Waals surface area (Å²) >= 11 is 0. The van der Waals surface area contributed by atoms with E-state index in [1.165, 1.54) is 19.3 Å². The highest BCUT2D eigenvalue weighted by molar-refractivity contribution is 5.95. The highest BCUT2D eigenvalue weighted by atomic mass is 16.5. The van der Waals surface area contributed by atoms with E-state index in [-0.39, 0.29) is 12.5 Å². The summed E-state index contributed by atoms with van der Waals surface area (Å²) in [5.41, 5.74) is 2.43. The molecule has 2 aromatic rings. The Labute approximate surface area is 161 Å². The molecule has 1 fully saturated rings. The maximum Gasteiger partial charge on any atom is 0.251 e. The van der Waals surface area contributed by atoms with E-state index in [9.17, 15) is 9.90 Å². The van der Waals surface area contributed by atoms with Crippen LogP contribution in [0, 0.1) is 0 Å². The fraction of sp³-hybridized carbons (Fsp3) is 0.409. The Morgan fingerprint density at radius 2 is 1.93 bits per heavy atom. The van der Waals surface area contributed by atoms with Crippen LogP contribution >= 0.6 is 0 Å². The van der Waals surface area contributed by atoms with Crippen molar-refractivity contribution in [1.29, 1.82) is 0 Å². The molecule has 1 aliphatic rings. The van der Waals surface area contributed by atoms with Gasteiger partial charge in [0.25, 0.3) is 5.91 Å². The number of nitrogens with one attached hydrogen (secondary N) is 1. The van der Waals surface area contributed by atoms with Crippen molar-refractivity contribution in [2.45, 2.75) is 25.4 Å². The fourth-order valence-electron chi connectivity index (χ4n) is 3.48. The fourth-order valence-corrected chi connectivity index (χ4v) is 3.48. The topological polar surface area (TPSA) is 61.8 Å². The third-order valence-corrected chi connectivity index (χ3v) is 4.90. The lowest BCUT2D eigenvalue weighted by atomic mass is 10.0. The van der Waals surface area contributed by atoms with Gasteiger partial charge in [-0.15, -0.1) is 0 Å². The second-order valence-corrected chi connectivity index (χ2v) is 6.98. The summed E-state index contributed by atoms with van der Waals surface area (Å²) in [6.07, 6.45) is 3.18. The van der Waals surface area contributed by atoms with Crippen molar-refractivity contribution in [2.24, 2.45) is 0 Å². The average Bonchev–Trinajstić information content (AvgIpc) is 2.72. The molecule has 0 aliphatic carbocycles. The number of carbonyl (C=O) groups is 1. The van der Waals surface area contributed by atoms with E-state index in [2.05, 4.69) is 10.2 Å². The number of nitrogens with zero attached hydrogens (tertiary/aromatic N) is 1. The third kappa shape index (κ3) is 5.31. The zero-order valence-electron chi connectivity index (χ0n) is 15.9. The normalized spacial score (nSPS) is 15.9. The zero-order valence-corrected chi connectivity index (χ0v) is 15.9. The Hall–Kier alpha value is -2.37. The number of ether oxygens (including phenoxy) is 1. The van der Waals surface area contributed by atoms with E-state index in [0.29, 0.717) is 17.9 Å². The molecule has 1 aliphatic heterocycles. The summed E-state index contributed by atoms with van der Waals surface area (Å²) in [5, 5.41) is 13.0. The SMILES string of the molecule is CNC(=O)c1cccc(-c2ccccc2OCC(O)CN2CCCCC2)c1. The first-order valence-electron chi connectivity index (χ1n) is 9.62. The van der Waals surface area contributed by atoms with Crippen LogP contribution in [0.5, 0.6) is 5.75 Å². The summed E-state index contributed by atoms with van der Waals surface area (Å²) in [5.74, 6) is 0.594. The van der Waals surface area contributed by atoms with E-state index in [0.717, 1.165) is 24.2 Å². The molecule has 0 spiro atoms. The Balaban J connectivity index is 1.68. The first-order chi connectivity index (χ1) is 13.2. The molecule has 1 atom stereocenters. The molecule has 2 N–H and O–H groups in total. The molecule has 5 heteroatoms. The summed E-state index contributed by atoms with van der Waals surface area (Å²) in [4.78, 5) is 14.2. The number of hydrogen-bond donors (Lipinski definition) is 2. The van der Waals surface area contributed by atoms with Gasteiger partial charge in [0.1, 0.15) is 18.5 Å². The zero-order chi connectivity index (χ0) is 19.1. The van der Waals surface area contributed by atoms with Gasteiger partial charge in [0.05, 0.1) is 0 Å². The smallest absolute Gasteiger partial charge is 0.251 e. The number of likely N-dealkylation sites (tertiary alicyclic amines) is 1. The van der Waals surface area contributed by atoms with E-state index < -0.39 is 6.10 Å². The predicted molar refractivity (Wildman–Crippen MR) is 107 cm³/mol. The second kappa shape index (κ2) is 9.53. The van der Waals surface area contributed by atoms with Gasteiger partial charge < -0.3 is 20.1 Å². The summed E-state index contributed by atoms with van der Waals surface area (Å²) in [7, 11) is 1.62. The van der Waals surface area contributed by atoms with Crippen LogP contribution in [-0.2, 0) is 0 Å². The number of benzene rings is 2. The van der Waals surface area contributed by atoms with Crippen LogP contribution < -0.4 is 10.1 Å². The minimum Gasteiger partial charge on any atom is -0.490 e. The molecular weight excluding hydrogens is 340 g/mol. The van der Waals surface area contributed by atoms with Crippen LogP contribution in [0.2, 0.25) is 0 Å². The number of aliphatic hydroxyl groups is 1.